The quantitative estimate of drug-likeness (QED) is 0.148. The molecule has 0 spiro atoms. The maximum Gasteiger partial charge on any atom is 0.295 e. The van der Waals surface area contributed by atoms with E-state index in [2.05, 4.69) is 18.7 Å². The Hall–Kier alpha value is -4.30. The van der Waals surface area contributed by atoms with Crippen molar-refractivity contribution in [3.8, 4) is 17.2 Å². The monoisotopic (exact) mass is 572 g/mol. The lowest BCUT2D eigenvalue weighted by Gasteiger charge is -2.28. The van der Waals surface area contributed by atoms with Crippen molar-refractivity contribution < 1.29 is 28.9 Å². The van der Waals surface area contributed by atoms with E-state index in [1.807, 2.05) is 43.3 Å². The average Bonchev–Trinajstić information content (AvgIpc) is 3.28. The van der Waals surface area contributed by atoms with E-state index < -0.39 is 17.7 Å². The molecule has 0 radical (unpaired) electrons. The minimum absolute atomic E-state index is 0.0433. The highest BCUT2D eigenvalue weighted by Gasteiger charge is 2.46. The summed E-state index contributed by atoms with van der Waals surface area (Å²) in [6, 6.07) is 21.3. The number of nitrogens with zero attached hydrogens (tertiary/aromatic N) is 2. The molecule has 0 saturated carbocycles. The van der Waals surface area contributed by atoms with E-state index in [1.54, 1.807) is 48.4 Å². The largest absolute Gasteiger partial charge is 0.507 e. The molecule has 42 heavy (non-hydrogen) atoms. The number of Topliss-reactive ketones (excluding diaryl/α,β-unsaturated/α-hetero) is 1. The Bertz CT molecular complexity index is 1380. The fourth-order valence-corrected chi connectivity index (χ4v) is 5.04. The van der Waals surface area contributed by atoms with Crippen molar-refractivity contribution in [3.05, 3.63) is 95.1 Å². The maximum absolute atomic E-state index is 13.5. The van der Waals surface area contributed by atoms with E-state index in [-0.39, 0.29) is 11.3 Å². The van der Waals surface area contributed by atoms with Crippen molar-refractivity contribution >= 4 is 17.4 Å². The summed E-state index contributed by atoms with van der Waals surface area (Å²) in [5.41, 5.74) is 2.13. The van der Waals surface area contributed by atoms with Gasteiger partial charge in [-0.25, -0.2) is 0 Å². The molecule has 4 rings (SSSR count). The lowest BCUT2D eigenvalue weighted by atomic mass is 9.95. The van der Waals surface area contributed by atoms with Gasteiger partial charge in [-0.3, -0.25) is 9.59 Å². The van der Waals surface area contributed by atoms with E-state index >= 15 is 0 Å². The number of carbonyl (C=O) groups excluding carboxylic acids is 2. The Morgan fingerprint density at radius 1 is 0.905 bits per heavy atom. The first-order chi connectivity index (χ1) is 20.4. The zero-order valence-electron chi connectivity index (χ0n) is 24.8. The maximum atomic E-state index is 13.5. The van der Waals surface area contributed by atoms with Crippen molar-refractivity contribution in [2.75, 3.05) is 39.9 Å². The predicted octanol–water partition coefficient (Wildman–Crippen LogP) is 5.83. The number of benzene rings is 3. The number of amides is 1. The van der Waals surface area contributed by atoms with E-state index in [0.29, 0.717) is 54.7 Å². The molecule has 0 bridgehead atoms. The van der Waals surface area contributed by atoms with Crippen LogP contribution in [0.1, 0.15) is 49.9 Å². The number of likely N-dealkylation sites (N-methyl/N-ethyl adjacent to an activating group) is 1. The molecule has 1 N–H and O–H groups in total. The predicted molar refractivity (Wildman–Crippen MR) is 163 cm³/mol. The first-order valence-electron chi connectivity index (χ1n) is 14.5. The molecule has 1 heterocycles. The fourth-order valence-electron chi connectivity index (χ4n) is 5.04. The summed E-state index contributed by atoms with van der Waals surface area (Å²) >= 11 is 0. The lowest BCUT2D eigenvalue weighted by molar-refractivity contribution is -0.140. The van der Waals surface area contributed by atoms with Gasteiger partial charge in [0, 0.05) is 18.7 Å². The molecule has 1 aliphatic heterocycles. The molecule has 3 aromatic rings. The highest BCUT2D eigenvalue weighted by atomic mass is 16.5. The van der Waals surface area contributed by atoms with Crippen molar-refractivity contribution in [1.82, 2.24) is 9.80 Å². The first-order valence-corrected chi connectivity index (χ1v) is 14.5. The first kappa shape index (κ1) is 30.7. The zero-order chi connectivity index (χ0) is 30.1. The van der Waals surface area contributed by atoms with Crippen LogP contribution < -0.4 is 14.2 Å². The summed E-state index contributed by atoms with van der Waals surface area (Å²) in [5, 5.41) is 11.5. The van der Waals surface area contributed by atoms with Crippen molar-refractivity contribution in [3.63, 3.8) is 0 Å². The number of hydrogen-bond acceptors (Lipinski definition) is 7. The summed E-state index contributed by atoms with van der Waals surface area (Å²) in [4.78, 5) is 30.6. The van der Waals surface area contributed by atoms with Gasteiger partial charge in [0.1, 0.15) is 18.1 Å². The second-order valence-electron chi connectivity index (χ2n) is 10.1. The van der Waals surface area contributed by atoms with Gasteiger partial charge in [-0.2, -0.15) is 0 Å². The topological polar surface area (TPSA) is 88.5 Å². The third-order valence-electron chi connectivity index (χ3n) is 7.43. The van der Waals surface area contributed by atoms with Gasteiger partial charge in [0.25, 0.3) is 11.7 Å². The molecule has 1 atom stereocenters. The summed E-state index contributed by atoms with van der Waals surface area (Å²) < 4.78 is 17.4. The summed E-state index contributed by atoms with van der Waals surface area (Å²) in [6.07, 6.45) is 0.873. The van der Waals surface area contributed by atoms with E-state index in [1.165, 1.54) is 0 Å². The number of aliphatic hydroxyl groups excluding tert-OH is 1. The van der Waals surface area contributed by atoms with Gasteiger partial charge in [0.15, 0.2) is 11.5 Å². The van der Waals surface area contributed by atoms with Crippen molar-refractivity contribution in [2.24, 2.45) is 0 Å². The van der Waals surface area contributed by atoms with E-state index in [9.17, 15) is 14.7 Å². The number of hydrogen-bond donors (Lipinski definition) is 1. The number of likely N-dealkylation sites (tertiary alicyclic amines) is 1. The number of aliphatic hydroxyl groups is 1. The molecule has 1 fully saturated rings. The minimum Gasteiger partial charge on any atom is -0.507 e. The van der Waals surface area contributed by atoms with Crippen molar-refractivity contribution in [1.29, 1.82) is 0 Å². The Morgan fingerprint density at radius 3 is 2.26 bits per heavy atom. The highest BCUT2D eigenvalue weighted by molar-refractivity contribution is 6.46. The van der Waals surface area contributed by atoms with Crippen LogP contribution in [-0.2, 0) is 16.2 Å². The molecule has 0 aliphatic carbocycles. The second kappa shape index (κ2) is 14.5. The Morgan fingerprint density at radius 2 is 1.62 bits per heavy atom. The molecule has 3 aromatic carbocycles. The van der Waals surface area contributed by atoms with Crippen molar-refractivity contribution in [2.45, 2.75) is 39.8 Å². The molecule has 1 saturated heterocycles. The Kier molecular flexibility index (Phi) is 10.6. The highest BCUT2D eigenvalue weighted by Crippen LogP contribution is 2.42. The van der Waals surface area contributed by atoms with Gasteiger partial charge in [0.05, 0.1) is 25.3 Å². The van der Waals surface area contributed by atoms with Crippen LogP contribution in [0, 0.1) is 0 Å². The molecule has 0 aromatic heterocycles. The van der Waals surface area contributed by atoms with Crippen LogP contribution >= 0.6 is 0 Å². The molecule has 1 amide bonds. The number of ether oxygens (including phenoxy) is 3. The van der Waals surface area contributed by atoms with Crippen LogP contribution in [0.25, 0.3) is 5.76 Å². The molecule has 1 unspecified atom stereocenters. The van der Waals surface area contributed by atoms with Gasteiger partial charge in [-0.1, -0.05) is 57.2 Å². The van der Waals surface area contributed by atoms with Gasteiger partial charge < -0.3 is 29.1 Å². The summed E-state index contributed by atoms with van der Waals surface area (Å²) in [6.45, 7) is 9.63. The molecular weight excluding hydrogens is 532 g/mol. The van der Waals surface area contributed by atoms with Crippen LogP contribution in [0.3, 0.4) is 0 Å². The smallest absolute Gasteiger partial charge is 0.295 e. The summed E-state index contributed by atoms with van der Waals surface area (Å²) in [5.74, 6) is 0.0873. The molecule has 8 heteroatoms. The third-order valence-corrected chi connectivity index (χ3v) is 7.43. The number of carbonyl (C=O) groups is 2. The van der Waals surface area contributed by atoms with Gasteiger partial charge in [-0.15, -0.1) is 0 Å². The third kappa shape index (κ3) is 6.94. The van der Waals surface area contributed by atoms with Gasteiger partial charge in [-0.05, 0) is 67.0 Å². The van der Waals surface area contributed by atoms with Crippen LogP contribution in [0.15, 0.2) is 78.4 Å². The lowest BCUT2D eigenvalue weighted by Crippen LogP contribution is -2.38. The number of ketones is 1. The minimum atomic E-state index is -0.798. The molecular formula is C34H40N2O6. The van der Waals surface area contributed by atoms with E-state index in [4.69, 9.17) is 14.2 Å². The van der Waals surface area contributed by atoms with E-state index in [0.717, 1.165) is 25.1 Å². The molecule has 222 valence electrons. The second-order valence-corrected chi connectivity index (χ2v) is 10.1. The molecule has 8 nitrogen and oxygen atoms in total. The number of methoxy groups -OCH3 is 1. The summed E-state index contributed by atoms with van der Waals surface area (Å²) in [7, 11) is 1.55. The Labute approximate surface area is 248 Å². The molecule has 1 aliphatic rings. The van der Waals surface area contributed by atoms with Gasteiger partial charge >= 0.3 is 0 Å². The standard InChI is InChI=1S/C34H40N2O6/c1-5-21-41-27-16-13-25(14-17-27)32(37)30-31(36(34(39)33(30)38)20-19-35(6-2)7-3)26-15-18-28(29(22-26)40-4)42-23-24-11-9-8-10-12-24/h8-18,22,31,37H,5-7,19-21,23H2,1-4H3. The fraction of sp³-hybridized carbons (Fsp3) is 0.353. The van der Waals surface area contributed by atoms with Crippen LogP contribution in [-0.4, -0.2) is 66.5 Å². The Balaban J connectivity index is 1.73. The SMILES string of the molecule is CCCOc1ccc(C(O)=C2C(=O)C(=O)N(CCN(CC)CC)C2c2ccc(OCc3ccccc3)c(OC)c2)cc1. The van der Waals surface area contributed by atoms with Crippen LogP contribution in [0.5, 0.6) is 17.2 Å². The van der Waals surface area contributed by atoms with Crippen LogP contribution in [0.2, 0.25) is 0 Å². The zero-order valence-corrected chi connectivity index (χ0v) is 24.8. The number of rotatable bonds is 14. The average molecular weight is 573 g/mol. The van der Waals surface area contributed by atoms with Gasteiger partial charge in [0.2, 0.25) is 0 Å². The normalized spacial score (nSPS) is 16.2. The van der Waals surface area contributed by atoms with Crippen LogP contribution in [0.4, 0.5) is 0 Å².